The van der Waals surface area contributed by atoms with Gasteiger partial charge in [0.25, 0.3) is 0 Å². The number of fused-ring (bicyclic) bond motifs is 2. The second-order valence-electron chi connectivity index (χ2n) is 13.0. The number of pyridine rings is 4. The third kappa shape index (κ3) is 12.5. The van der Waals surface area contributed by atoms with Crippen molar-refractivity contribution in [1.29, 1.82) is 0 Å². The number of nitrogens with two attached hydrogens (primary N) is 1. The molecule has 2 amide bonds. The highest BCUT2D eigenvalue weighted by Gasteiger charge is 2.35. The Bertz CT molecular complexity index is 1760. The lowest BCUT2D eigenvalue weighted by atomic mass is 10.2. The summed E-state index contributed by atoms with van der Waals surface area (Å²) in [5.74, 6) is 0. The Morgan fingerprint density at radius 1 is 0.837 bits per heavy atom. The topological polar surface area (TPSA) is 181 Å². The lowest BCUT2D eigenvalue weighted by molar-refractivity contribution is 0.0489. The van der Waals surface area contributed by atoms with Gasteiger partial charge in [0.1, 0.15) is 17.4 Å². The van der Waals surface area contributed by atoms with Crippen LogP contribution in [-0.2, 0) is 15.9 Å². The average molecular weight is 671 g/mol. The van der Waals surface area contributed by atoms with E-state index in [1.165, 1.54) is 10.3 Å². The number of rotatable bonds is 1. The highest BCUT2D eigenvalue weighted by Crippen LogP contribution is 2.31. The molecular formula is C36H46N8O5. The van der Waals surface area contributed by atoms with E-state index in [1.807, 2.05) is 71.3 Å². The molecule has 13 heteroatoms. The van der Waals surface area contributed by atoms with Gasteiger partial charge in [0.05, 0.1) is 41.2 Å². The van der Waals surface area contributed by atoms with Crippen molar-refractivity contribution in [2.45, 2.75) is 79.2 Å². The van der Waals surface area contributed by atoms with Gasteiger partial charge in [0, 0.05) is 49.0 Å². The molecule has 6 rings (SSSR count). The molecule has 1 aliphatic rings. The monoisotopic (exact) mass is 670 g/mol. The van der Waals surface area contributed by atoms with E-state index < -0.39 is 29.6 Å². The van der Waals surface area contributed by atoms with Gasteiger partial charge in [0.15, 0.2) is 0 Å². The highest BCUT2D eigenvalue weighted by molar-refractivity contribution is 5.90. The number of nitrogen functional groups attached to an aromatic ring is 1. The summed E-state index contributed by atoms with van der Waals surface area (Å²) in [4.78, 5) is 43.3. The maximum absolute atomic E-state index is 12.0. The average Bonchev–Trinajstić information content (AvgIpc) is 3.63. The maximum atomic E-state index is 12.0. The van der Waals surface area contributed by atoms with Crippen LogP contribution in [0.2, 0.25) is 0 Å². The smallest absolute Gasteiger partial charge is 0.417 e. The maximum Gasteiger partial charge on any atom is 0.417 e. The molecule has 1 unspecified atom stereocenters. The minimum atomic E-state index is -0.871. The number of aliphatic hydroxyl groups excluding tert-OH is 1. The van der Waals surface area contributed by atoms with Crippen molar-refractivity contribution in [3.05, 3.63) is 103 Å². The summed E-state index contributed by atoms with van der Waals surface area (Å²) < 4.78 is 10.4. The van der Waals surface area contributed by atoms with Crippen LogP contribution in [-0.4, -0.2) is 59.6 Å². The second-order valence-corrected chi connectivity index (χ2v) is 13.0. The lowest BCUT2D eigenvalue weighted by Crippen LogP contribution is -2.41. The number of H-pyrrole nitrogens is 1. The number of aromatic amines is 1. The highest BCUT2D eigenvalue weighted by atomic mass is 16.6. The zero-order valence-electron chi connectivity index (χ0n) is 29.3. The van der Waals surface area contributed by atoms with Crippen molar-refractivity contribution in [2.24, 2.45) is 0 Å². The predicted molar refractivity (Wildman–Crippen MR) is 191 cm³/mol. The van der Waals surface area contributed by atoms with E-state index in [-0.39, 0.29) is 0 Å². The van der Waals surface area contributed by atoms with Crippen LogP contribution in [0.4, 0.5) is 26.7 Å². The number of aromatic nitrogens is 5. The SMILES string of the molecule is CC(C)(C)OC(=O)N1c2cnccc2CC1O.Cc1ccncc1N.Cc1ccncc1NC(=O)OC(C)(C)C.c1cc2cc[nH]c2cn1. The van der Waals surface area contributed by atoms with Crippen molar-refractivity contribution < 1.29 is 24.2 Å². The summed E-state index contributed by atoms with van der Waals surface area (Å²) in [5.41, 5.74) is 10.5. The lowest BCUT2D eigenvalue weighted by Gasteiger charge is -2.26. The fourth-order valence-electron chi connectivity index (χ4n) is 4.16. The quantitative estimate of drug-likeness (QED) is 0.145. The molecule has 1 atom stereocenters. The molecule has 6 heterocycles. The number of hydrogen-bond donors (Lipinski definition) is 4. The molecule has 260 valence electrons. The van der Waals surface area contributed by atoms with Crippen LogP contribution in [0.25, 0.3) is 10.9 Å². The van der Waals surface area contributed by atoms with Gasteiger partial charge in [-0.05, 0) is 102 Å². The fourth-order valence-corrected chi connectivity index (χ4v) is 4.16. The zero-order chi connectivity index (χ0) is 36.2. The molecule has 0 bridgehead atoms. The van der Waals surface area contributed by atoms with Gasteiger partial charge in [-0.1, -0.05) is 0 Å². The normalized spacial score (nSPS) is 13.3. The second kappa shape index (κ2) is 17.0. The van der Waals surface area contributed by atoms with E-state index in [4.69, 9.17) is 15.2 Å². The van der Waals surface area contributed by atoms with Crippen molar-refractivity contribution in [2.75, 3.05) is 16.0 Å². The number of aliphatic hydroxyl groups is 1. The zero-order valence-corrected chi connectivity index (χ0v) is 29.3. The number of nitrogens with one attached hydrogen (secondary N) is 2. The first-order chi connectivity index (χ1) is 23.0. The van der Waals surface area contributed by atoms with E-state index in [0.717, 1.165) is 27.9 Å². The Kier molecular flexibility index (Phi) is 13.2. The molecule has 0 aliphatic carbocycles. The number of carbonyl (C=O) groups is 2. The number of aryl methyl sites for hydroxylation is 2. The Morgan fingerprint density at radius 2 is 1.43 bits per heavy atom. The molecule has 1 aliphatic heterocycles. The molecule has 0 fully saturated rings. The first-order valence-corrected chi connectivity index (χ1v) is 15.6. The van der Waals surface area contributed by atoms with Crippen LogP contribution < -0.4 is 16.0 Å². The molecule has 0 saturated carbocycles. The van der Waals surface area contributed by atoms with Crippen LogP contribution in [0.15, 0.2) is 86.1 Å². The predicted octanol–water partition coefficient (Wildman–Crippen LogP) is 6.97. The molecular weight excluding hydrogens is 624 g/mol. The van der Waals surface area contributed by atoms with Crippen molar-refractivity contribution >= 4 is 40.2 Å². The summed E-state index contributed by atoms with van der Waals surface area (Å²) in [6.45, 7) is 14.7. The van der Waals surface area contributed by atoms with Crippen LogP contribution in [0.3, 0.4) is 0 Å². The van der Waals surface area contributed by atoms with Crippen LogP contribution >= 0.6 is 0 Å². The van der Waals surface area contributed by atoms with Gasteiger partial charge in [-0.25, -0.2) is 14.5 Å². The Hall–Kier alpha value is -5.56. The first kappa shape index (κ1) is 37.9. The molecule has 49 heavy (non-hydrogen) atoms. The summed E-state index contributed by atoms with van der Waals surface area (Å²) in [5, 5.41) is 13.7. The van der Waals surface area contributed by atoms with Gasteiger partial charge in [-0.15, -0.1) is 0 Å². The number of anilines is 3. The molecule has 0 saturated heterocycles. The largest absolute Gasteiger partial charge is 0.444 e. The standard InChI is InChI=1S/C12H16N2O3.C11H16N2O2.C7H6N2.C6H8N2/c1-12(2,3)17-11(16)14-9-7-13-5-4-8(9)6-10(14)15;1-8-5-6-12-7-9(8)13-10(14)15-11(2,3)4;1-3-8-5-7-6(1)2-4-9-7;1-5-2-3-8-4-6(5)7/h4-5,7,10,15H,6H2,1-3H3;5-7H,1-4H3,(H,13,14);1-5,9H;2-4H,7H2,1H3. The fraction of sp³-hybridized carbons (Fsp3) is 0.333. The van der Waals surface area contributed by atoms with E-state index in [1.54, 1.807) is 70.2 Å². The number of amides is 2. The van der Waals surface area contributed by atoms with Gasteiger partial charge < -0.3 is 25.3 Å². The van der Waals surface area contributed by atoms with Gasteiger partial charge in [-0.2, -0.15) is 0 Å². The molecule has 0 radical (unpaired) electrons. The van der Waals surface area contributed by atoms with Crippen LogP contribution in [0.5, 0.6) is 0 Å². The molecule has 5 N–H and O–H groups in total. The van der Waals surface area contributed by atoms with E-state index in [2.05, 4.69) is 30.2 Å². The molecule has 5 aromatic rings. The van der Waals surface area contributed by atoms with Gasteiger partial charge in [-0.3, -0.25) is 25.3 Å². The first-order valence-electron chi connectivity index (χ1n) is 15.6. The van der Waals surface area contributed by atoms with Crippen molar-refractivity contribution in [1.82, 2.24) is 24.9 Å². The summed E-state index contributed by atoms with van der Waals surface area (Å²) in [6, 6.07) is 9.51. The number of hydrogen-bond acceptors (Lipinski definition) is 10. The third-order valence-electron chi connectivity index (χ3n) is 6.55. The van der Waals surface area contributed by atoms with E-state index >= 15 is 0 Å². The Morgan fingerprint density at radius 3 is 2.02 bits per heavy atom. The van der Waals surface area contributed by atoms with Gasteiger partial charge >= 0.3 is 12.2 Å². The van der Waals surface area contributed by atoms with Crippen LogP contribution in [0.1, 0.15) is 58.2 Å². The van der Waals surface area contributed by atoms with Crippen molar-refractivity contribution in [3.8, 4) is 0 Å². The minimum absolute atomic E-state index is 0.414. The molecule has 5 aromatic heterocycles. The number of nitrogens with zero attached hydrogens (tertiary/aromatic N) is 5. The van der Waals surface area contributed by atoms with Gasteiger partial charge in [0.2, 0.25) is 0 Å². The van der Waals surface area contributed by atoms with Crippen molar-refractivity contribution in [3.63, 3.8) is 0 Å². The third-order valence-corrected chi connectivity index (χ3v) is 6.55. The number of ether oxygens (including phenoxy) is 2. The molecule has 0 spiro atoms. The molecule has 0 aromatic carbocycles. The van der Waals surface area contributed by atoms with E-state index in [9.17, 15) is 14.7 Å². The summed E-state index contributed by atoms with van der Waals surface area (Å²) in [7, 11) is 0. The summed E-state index contributed by atoms with van der Waals surface area (Å²) in [6.07, 6.45) is 13.9. The number of carbonyl (C=O) groups excluding carboxylic acids is 2. The Labute approximate surface area is 286 Å². The van der Waals surface area contributed by atoms with E-state index in [0.29, 0.717) is 17.8 Å². The Balaban J connectivity index is 0.000000185. The van der Waals surface area contributed by atoms with Crippen LogP contribution in [0, 0.1) is 13.8 Å². The molecule has 13 nitrogen and oxygen atoms in total. The minimum Gasteiger partial charge on any atom is -0.444 e. The summed E-state index contributed by atoms with van der Waals surface area (Å²) >= 11 is 0.